The molecule has 2 heterocycles. The van der Waals surface area contributed by atoms with Crippen LogP contribution >= 0.6 is 27.3 Å². The van der Waals surface area contributed by atoms with E-state index in [2.05, 4.69) is 39.2 Å². The number of nitrogens with zero attached hydrogens (tertiary/aromatic N) is 1. The summed E-state index contributed by atoms with van der Waals surface area (Å²) in [5.41, 5.74) is 5.78. The predicted molar refractivity (Wildman–Crippen MR) is 73.7 cm³/mol. The first kappa shape index (κ1) is 12.6. The zero-order valence-electron chi connectivity index (χ0n) is 9.66. The molecular weight excluding hydrogens is 284 g/mol. The van der Waals surface area contributed by atoms with Gasteiger partial charge in [-0.2, -0.15) is 0 Å². The summed E-state index contributed by atoms with van der Waals surface area (Å²) in [5.74, 6) is 0.694. The smallest absolute Gasteiger partial charge is 0.0331 e. The van der Waals surface area contributed by atoms with E-state index in [1.807, 2.05) is 11.3 Å². The molecule has 1 fully saturated rings. The van der Waals surface area contributed by atoms with E-state index in [1.165, 1.54) is 22.2 Å². The molecule has 2 atom stereocenters. The van der Waals surface area contributed by atoms with Gasteiger partial charge in [0.2, 0.25) is 0 Å². The summed E-state index contributed by atoms with van der Waals surface area (Å²) >= 11 is 5.34. The number of hydrogen-bond donors (Lipinski definition) is 1. The third kappa shape index (κ3) is 3.06. The van der Waals surface area contributed by atoms with Crippen LogP contribution in [0.25, 0.3) is 0 Å². The van der Waals surface area contributed by atoms with Crippen LogP contribution in [0.15, 0.2) is 15.9 Å². The predicted octanol–water partition coefficient (Wildman–Crippen LogP) is 3.07. The molecule has 1 aromatic rings. The molecule has 0 radical (unpaired) electrons. The van der Waals surface area contributed by atoms with E-state index in [-0.39, 0.29) is 0 Å². The lowest BCUT2D eigenvalue weighted by atomic mass is 9.93. The van der Waals surface area contributed by atoms with Gasteiger partial charge in [-0.1, -0.05) is 0 Å². The second kappa shape index (κ2) is 5.63. The molecule has 0 bridgehead atoms. The van der Waals surface area contributed by atoms with Crippen LogP contribution in [-0.2, 0) is 6.54 Å². The molecule has 0 aliphatic carbocycles. The first-order valence-electron chi connectivity index (χ1n) is 5.86. The van der Waals surface area contributed by atoms with Crippen LogP contribution in [0.4, 0.5) is 0 Å². The van der Waals surface area contributed by atoms with Crippen LogP contribution in [0.5, 0.6) is 0 Å². The van der Waals surface area contributed by atoms with Crippen LogP contribution in [0.1, 0.15) is 24.6 Å². The minimum absolute atomic E-state index is 0.694. The van der Waals surface area contributed by atoms with Gasteiger partial charge < -0.3 is 5.73 Å². The van der Waals surface area contributed by atoms with Gasteiger partial charge in [0.15, 0.2) is 0 Å². The molecule has 0 aromatic carbocycles. The fraction of sp³-hybridized carbons (Fsp3) is 0.667. The highest BCUT2D eigenvalue weighted by molar-refractivity contribution is 9.10. The molecule has 1 aliphatic rings. The lowest BCUT2D eigenvalue weighted by molar-refractivity contribution is 0.114. The highest BCUT2D eigenvalue weighted by Crippen LogP contribution is 2.26. The summed E-state index contributed by atoms with van der Waals surface area (Å²) in [7, 11) is 0. The molecule has 0 saturated carbocycles. The lowest BCUT2D eigenvalue weighted by Crippen LogP contribution is -2.43. The van der Waals surface area contributed by atoms with Gasteiger partial charge in [-0.3, -0.25) is 4.90 Å². The number of halogens is 1. The maximum Gasteiger partial charge on any atom is 0.0331 e. The Balaban J connectivity index is 1.96. The first-order chi connectivity index (χ1) is 7.69. The Bertz CT molecular complexity index is 340. The lowest BCUT2D eigenvalue weighted by Gasteiger charge is -2.37. The van der Waals surface area contributed by atoms with Gasteiger partial charge in [-0.15, -0.1) is 11.3 Å². The summed E-state index contributed by atoms with van der Waals surface area (Å²) in [6.07, 6.45) is 2.58. The summed E-state index contributed by atoms with van der Waals surface area (Å²) in [6.45, 7) is 5.40. The molecule has 2 rings (SSSR count). The van der Waals surface area contributed by atoms with Gasteiger partial charge in [0.05, 0.1) is 0 Å². The molecule has 2 unspecified atom stereocenters. The second-order valence-electron chi connectivity index (χ2n) is 4.69. The molecule has 16 heavy (non-hydrogen) atoms. The Morgan fingerprint density at radius 3 is 3.00 bits per heavy atom. The van der Waals surface area contributed by atoms with Gasteiger partial charge in [-0.05, 0) is 54.2 Å². The van der Waals surface area contributed by atoms with Gasteiger partial charge in [-0.25, -0.2) is 0 Å². The van der Waals surface area contributed by atoms with Crippen molar-refractivity contribution in [3.8, 4) is 0 Å². The fourth-order valence-electron chi connectivity index (χ4n) is 2.31. The largest absolute Gasteiger partial charge is 0.330 e. The van der Waals surface area contributed by atoms with E-state index in [0.29, 0.717) is 12.0 Å². The van der Waals surface area contributed by atoms with Gasteiger partial charge >= 0.3 is 0 Å². The minimum atomic E-state index is 0.694. The summed E-state index contributed by atoms with van der Waals surface area (Å²) < 4.78 is 1.20. The number of thiophene rings is 1. The van der Waals surface area contributed by atoms with E-state index < -0.39 is 0 Å². The third-order valence-corrected chi connectivity index (χ3v) is 5.11. The van der Waals surface area contributed by atoms with Crippen molar-refractivity contribution >= 4 is 27.3 Å². The van der Waals surface area contributed by atoms with Gasteiger partial charge in [0.1, 0.15) is 0 Å². The van der Waals surface area contributed by atoms with Crippen LogP contribution in [-0.4, -0.2) is 24.0 Å². The Hall–Kier alpha value is 0.1000. The van der Waals surface area contributed by atoms with Crippen molar-refractivity contribution < 1.29 is 0 Å². The first-order valence-corrected chi connectivity index (χ1v) is 7.53. The van der Waals surface area contributed by atoms with Crippen LogP contribution < -0.4 is 5.73 Å². The maximum atomic E-state index is 5.78. The van der Waals surface area contributed by atoms with Crippen LogP contribution in [0.3, 0.4) is 0 Å². The van der Waals surface area contributed by atoms with Crippen LogP contribution in [0.2, 0.25) is 0 Å². The Kier molecular flexibility index (Phi) is 4.41. The van der Waals surface area contributed by atoms with E-state index in [9.17, 15) is 0 Å². The second-order valence-corrected chi connectivity index (χ2v) is 6.60. The monoisotopic (exact) mass is 302 g/mol. The molecule has 1 aliphatic heterocycles. The van der Waals surface area contributed by atoms with Crippen molar-refractivity contribution in [2.75, 3.05) is 13.1 Å². The third-order valence-electron chi connectivity index (χ3n) is 3.42. The quantitative estimate of drug-likeness (QED) is 0.930. The van der Waals surface area contributed by atoms with E-state index in [1.54, 1.807) is 0 Å². The number of hydrogen-bond acceptors (Lipinski definition) is 3. The number of rotatable bonds is 3. The zero-order valence-corrected chi connectivity index (χ0v) is 12.1. The number of nitrogens with two attached hydrogens (primary N) is 1. The van der Waals surface area contributed by atoms with Crippen molar-refractivity contribution in [3.05, 3.63) is 20.8 Å². The maximum absolute atomic E-state index is 5.78. The van der Waals surface area contributed by atoms with E-state index >= 15 is 0 Å². The van der Waals surface area contributed by atoms with Crippen molar-refractivity contribution in [3.63, 3.8) is 0 Å². The summed E-state index contributed by atoms with van der Waals surface area (Å²) in [6, 6.07) is 2.92. The molecule has 4 heteroatoms. The molecule has 2 nitrogen and oxygen atoms in total. The highest BCUT2D eigenvalue weighted by Gasteiger charge is 2.24. The summed E-state index contributed by atoms with van der Waals surface area (Å²) in [5, 5.41) is 2.16. The Morgan fingerprint density at radius 1 is 1.56 bits per heavy atom. The SMILES string of the molecule is CC1CCC(CN)CN1Cc1cc(Br)cs1. The Labute approximate surface area is 110 Å². The van der Waals surface area contributed by atoms with Gasteiger partial charge in [0.25, 0.3) is 0 Å². The molecular formula is C12H19BrN2S. The van der Waals surface area contributed by atoms with Crippen molar-refractivity contribution in [1.82, 2.24) is 4.90 Å². The average Bonchev–Trinajstić information content (AvgIpc) is 2.67. The molecule has 90 valence electrons. The number of likely N-dealkylation sites (tertiary alicyclic amines) is 1. The average molecular weight is 303 g/mol. The molecule has 1 aromatic heterocycles. The minimum Gasteiger partial charge on any atom is -0.330 e. The fourth-order valence-corrected chi connectivity index (χ4v) is 3.79. The summed E-state index contributed by atoms with van der Waals surface area (Å²) in [4.78, 5) is 4.01. The standard InChI is InChI=1S/C12H19BrN2S/c1-9-2-3-10(5-14)6-15(9)7-12-4-11(13)8-16-12/h4,8-10H,2-3,5-7,14H2,1H3. The van der Waals surface area contributed by atoms with Crippen molar-refractivity contribution in [2.24, 2.45) is 11.7 Å². The van der Waals surface area contributed by atoms with Crippen molar-refractivity contribution in [2.45, 2.75) is 32.4 Å². The highest BCUT2D eigenvalue weighted by atomic mass is 79.9. The van der Waals surface area contributed by atoms with Crippen LogP contribution in [0, 0.1) is 5.92 Å². The van der Waals surface area contributed by atoms with Crippen molar-refractivity contribution in [1.29, 1.82) is 0 Å². The Morgan fingerprint density at radius 2 is 2.38 bits per heavy atom. The van der Waals surface area contributed by atoms with Gasteiger partial charge in [0, 0.05) is 33.9 Å². The molecule has 0 amide bonds. The molecule has 0 spiro atoms. The molecule has 1 saturated heterocycles. The molecule has 2 N–H and O–H groups in total. The van der Waals surface area contributed by atoms with E-state index in [4.69, 9.17) is 5.73 Å². The van der Waals surface area contributed by atoms with E-state index in [0.717, 1.165) is 19.6 Å². The zero-order chi connectivity index (χ0) is 11.5. The number of piperidine rings is 1. The topological polar surface area (TPSA) is 29.3 Å². The normalized spacial score (nSPS) is 27.2.